The van der Waals surface area contributed by atoms with E-state index in [4.69, 9.17) is 9.26 Å². The zero-order chi connectivity index (χ0) is 27.6. The number of aliphatic hydroxyl groups excluding tert-OH is 1. The second-order valence-electron chi connectivity index (χ2n) is 9.24. The van der Waals surface area contributed by atoms with Crippen LogP contribution in [0.4, 0.5) is 8.78 Å². The molecular formula is C30H31F2N3O4. The van der Waals surface area contributed by atoms with E-state index in [2.05, 4.69) is 28.8 Å². The maximum atomic E-state index is 13.8. The normalized spacial score (nSPS) is 12.6. The fourth-order valence-electron chi connectivity index (χ4n) is 4.14. The number of halogens is 2. The maximum Gasteiger partial charge on any atom is 0.290 e. The molecule has 0 fully saturated rings. The van der Waals surface area contributed by atoms with Crippen LogP contribution < -0.4 is 15.4 Å². The fourth-order valence-corrected chi connectivity index (χ4v) is 4.14. The molecule has 0 saturated heterocycles. The third-order valence-electron chi connectivity index (χ3n) is 6.18. The molecule has 0 aliphatic carbocycles. The minimum absolute atomic E-state index is 0.0138. The number of ether oxygens (including phenoxy) is 1. The predicted molar refractivity (Wildman–Crippen MR) is 142 cm³/mol. The van der Waals surface area contributed by atoms with Crippen LogP contribution in [0.2, 0.25) is 0 Å². The van der Waals surface area contributed by atoms with E-state index in [0.29, 0.717) is 6.54 Å². The van der Waals surface area contributed by atoms with Gasteiger partial charge in [-0.25, -0.2) is 8.78 Å². The standard InChI is InChI=1S/C30H31F2N3O4/c1-2-20-9-6-10-22(11-20)17-33-18-27(36)26(14-23-12-24(31)15-25(32)13-23)34-30(37)28-16-29(35-39-28)38-19-21-7-4-3-5-8-21/h3-13,15-16,26-27,33,36H,2,14,17-19H2,1H3,(H,34,37)/t26-,27-/m0/s1. The average molecular weight is 536 g/mol. The molecule has 0 bridgehead atoms. The molecule has 4 rings (SSSR count). The van der Waals surface area contributed by atoms with E-state index < -0.39 is 29.7 Å². The molecule has 3 aromatic carbocycles. The first-order valence-corrected chi connectivity index (χ1v) is 12.8. The SMILES string of the molecule is CCc1cccc(CNC[C@H](O)[C@H](Cc2cc(F)cc(F)c2)NC(=O)c2cc(OCc3ccccc3)no2)c1. The quantitative estimate of drug-likeness (QED) is 0.232. The zero-order valence-electron chi connectivity index (χ0n) is 21.6. The summed E-state index contributed by atoms with van der Waals surface area (Å²) in [6.45, 7) is 2.95. The Morgan fingerprint density at radius 3 is 2.41 bits per heavy atom. The highest BCUT2D eigenvalue weighted by Crippen LogP contribution is 2.16. The molecule has 1 aromatic heterocycles. The van der Waals surface area contributed by atoms with Gasteiger partial charge >= 0.3 is 0 Å². The van der Waals surface area contributed by atoms with Crippen molar-refractivity contribution in [3.63, 3.8) is 0 Å². The molecule has 4 aromatic rings. The van der Waals surface area contributed by atoms with Crippen molar-refractivity contribution in [2.24, 2.45) is 0 Å². The Balaban J connectivity index is 1.41. The van der Waals surface area contributed by atoms with E-state index >= 15 is 0 Å². The van der Waals surface area contributed by atoms with E-state index in [1.54, 1.807) is 0 Å². The number of hydrogen-bond acceptors (Lipinski definition) is 6. The smallest absolute Gasteiger partial charge is 0.290 e. The molecule has 204 valence electrons. The van der Waals surface area contributed by atoms with Crippen molar-refractivity contribution in [2.75, 3.05) is 6.54 Å². The fraction of sp³-hybridized carbons (Fsp3) is 0.267. The summed E-state index contributed by atoms with van der Waals surface area (Å²) in [6, 6.07) is 21.1. The van der Waals surface area contributed by atoms with Crippen molar-refractivity contribution < 1.29 is 27.9 Å². The Morgan fingerprint density at radius 2 is 1.67 bits per heavy atom. The second-order valence-corrected chi connectivity index (χ2v) is 9.24. The number of rotatable bonds is 13. The first kappa shape index (κ1) is 27.9. The number of carbonyl (C=O) groups is 1. The number of aliphatic hydroxyl groups is 1. The van der Waals surface area contributed by atoms with Crippen molar-refractivity contribution in [2.45, 2.75) is 45.1 Å². The van der Waals surface area contributed by atoms with Crippen LogP contribution >= 0.6 is 0 Å². The lowest BCUT2D eigenvalue weighted by Gasteiger charge is -2.24. The maximum absolute atomic E-state index is 13.8. The Kier molecular flexibility index (Phi) is 9.77. The Bertz CT molecular complexity index is 1340. The summed E-state index contributed by atoms with van der Waals surface area (Å²) in [5.74, 6) is -2.12. The largest absolute Gasteiger partial charge is 0.471 e. The van der Waals surface area contributed by atoms with E-state index in [-0.39, 0.29) is 36.8 Å². The van der Waals surface area contributed by atoms with Gasteiger partial charge in [0.15, 0.2) is 0 Å². The minimum Gasteiger partial charge on any atom is -0.471 e. The predicted octanol–water partition coefficient (Wildman–Crippen LogP) is 4.59. The number of hydrogen-bond donors (Lipinski definition) is 3. The summed E-state index contributed by atoms with van der Waals surface area (Å²) >= 11 is 0. The molecule has 1 heterocycles. The number of nitrogens with zero attached hydrogens (tertiary/aromatic N) is 1. The number of benzene rings is 3. The average Bonchev–Trinajstić information content (AvgIpc) is 3.41. The van der Waals surface area contributed by atoms with Gasteiger partial charge in [-0.3, -0.25) is 4.79 Å². The summed E-state index contributed by atoms with van der Waals surface area (Å²) in [7, 11) is 0. The molecule has 7 nitrogen and oxygen atoms in total. The van der Waals surface area contributed by atoms with Gasteiger partial charge in [-0.2, -0.15) is 0 Å². The highest BCUT2D eigenvalue weighted by Gasteiger charge is 2.25. The molecule has 0 radical (unpaired) electrons. The molecule has 0 spiro atoms. The molecule has 1 amide bonds. The lowest BCUT2D eigenvalue weighted by molar-refractivity contribution is 0.0796. The second kappa shape index (κ2) is 13.6. The third-order valence-corrected chi connectivity index (χ3v) is 6.18. The molecule has 0 saturated carbocycles. The van der Waals surface area contributed by atoms with Crippen LogP contribution in [0.5, 0.6) is 5.88 Å². The first-order valence-electron chi connectivity index (χ1n) is 12.8. The number of aryl methyl sites for hydroxylation is 1. The van der Waals surface area contributed by atoms with Gasteiger partial charge in [0.2, 0.25) is 5.76 Å². The summed E-state index contributed by atoms with van der Waals surface area (Å²) in [5, 5.41) is 20.6. The number of amides is 1. The summed E-state index contributed by atoms with van der Waals surface area (Å²) in [4.78, 5) is 13.0. The van der Waals surface area contributed by atoms with Crippen LogP contribution in [0.25, 0.3) is 0 Å². The lowest BCUT2D eigenvalue weighted by Crippen LogP contribution is -2.48. The van der Waals surface area contributed by atoms with Crippen LogP contribution in [0, 0.1) is 11.6 Å². The van der Waals surface area contributed by atoms with Crippen LogP contribution in [0.3, 0.4) is 0 Å². The van der Waals surface area contributed by atoms with Gasteiger partial charge < -0.3 is 25.0 Å². The molecular weight excluding hydrogens is 504 g/mol. The lowest BCUT2D eigenvalue weighted by atomic mass is 10.00. The van der Waals surface area contributed by atoms with Gasteiger partial charge in [0, 0.05) is 19.2 Å². The molecule has 2 atom stereocenters. The van der Waals surface area contributed by atoms with Gasteiger partial charge in [0.05, 0.1) is 18.2 Å². The molecule has 39 heavy (non-hydrogen) atoms. The van der Waals surface area contributed by atoms with Crippen molar-refractivity contribution >= 4 is 5.91 Å². The Morgan fingerprint density at radius 1 is 0.949 bits per heavy atom. The highest BCUT2D eigenvalue weighted by atomic mass is 19.1. The number of aromatic nitrogens is 1. The summed E-state index contributed by atoms with van der Waals surface area (Å²) in [5.41, 5.74) is 3.47. The molecule has 9 heteroatoms. The number of nitrogens with one attached hydrogen (secondary N) is 2. The van der Waals surface area contributed by atoms with Gasteiger partial charge in [0.25, 0.3) is 11.8 Å². The minimum atomic E-state index is -1.08. The van der Waals surface area contributed by atoms with E-state index in [9.17, 15) is 18.7 Å². The Hall–Kier alpha value is -4.08. The van der Waals surface area contributed by atoms with Crippen LogP contribution in [0.15, 0.2) is 83.4 Å². The highest BCUT2D eigenvalue weighted by molar-refractivity contribution is 5.91. The zero-order valence-corrected chi connectivity index (χ0v) is 21.6. The van der Waals surface area contributed by atoms with Crippen molar-refractivity contribution in [3.8, 4) is 5.88 Å². The van der Waals surface area contributed by atoms with Crippen LogP contribution in [-0.2, 0) is 26.0 Å². The van der Waals surface area contributed by atoms with Crippen molar-refractivity contribution in [1.82, 2.24) is 15.8 Å². The molecule has 0 unspecified atom stereocenters. The van der Waals surface area contributed by atoms with E-state index in [1.165, 1.54) is 23.8 Å². The van der Waals surface area contributed by atoms with Crippen LogP contribution in [0.1, 0.15) is 39.7 Å². The van der Waals surface area contributed by atoms with Gasteiger partial charge in [-0.15, -0.1) is 0 Å². The first-order chi connectivity index (χ1) is 18.9. The van der Waals surface area contributed by atoms with Crippen molar-refractivity contribution in [1.29, 1.82) is 0 Å². The Labute approximate surface area is 225 Å². The summed E-state index contributed by atoms with van der Waals surface area (Å²) in [6.07, 6.45) is -0.179. The van der Waals surface area contributed by atoms with Gasteiger partial charge in [-0.05, 0) is 52.4 Å². The topological polar surface area (TPSA) is 96.6 Å². The third kappa shape index (κ3) is 8.46. The molecule has 3 N–H and O–H groups in total. The van der Waals surface area contributed by atoms with E-state index in [1.807, 2.05) is 48.5 Å². The van der Waals surface area contributed by atoms with Crippen LogP contribution in [-0.4, -0.2) is 34.9 Å². The van der Waals surface area contributed by atoms with Gasteiger partial charge in [0.1, 0.15) is 18.2 Å². The van der Waals surface area contributed by atoms with E-state index in [0.717, 1.165) is 23.6 Å². The number of carbonyl (C=O) groups excluding carboxylic acids is 1. The molecule has 0 aliphatic rings. The molecule has 0 aliphatic heterocycles. The van der Waals surface area contributed by atoms with Gasteiger partial charge in [-0.1, -0.05) is 61.5 Å². The monoisotopic (exact) mass is 535 g/mol. The summed E-state index contributed by atoms with van der Waals surface area (Å²) < 4.78 is 38.4. The van der Waals surface area contributed by atoms with Crippen molar-refractivity contribution in [3.05, 3.63) is 119 Å².